The molecule has 0 aromatic heterocycles. The van der Waals surface area contributed by atoms with Crippen molar-refractivity contribution in [2.75, 3.05) is 24.2 Å². The van der Waals surface area contributed by atoms with Crippen LogP contribution < -0.4 is 9.62 Å². The third-order valence-corrected chi connectivity index (χ3v) is 6.14. The van der Waals surface area contributed by atoms with Gasteiger partial charge in [0, 0.05) is 18.1 Å². The van der Waals surface area contributed by atoms with E-state index in [1.54, 1.807) is 31.2 Å². The molecule has 30 heavy (non-hydrogen) atoms. The molecule has 0 bridgehead atoms. The fourth-order valence-electron chi connectivity index (χ4n) is 2.80. The molecule has 2 aromatic rings. The van der Waals surface area contributed by atoms with Crippen molar-refractivity contribution in [1.82, 2.24) is 10.2 Å². The van der Waals surface area contributed by atoms with E-state index < -0.39 is 40.2 Å². The summed E-state index contributed by atoms with van der Waals surface area (Å²) < 4.78 is 39.7. The molecule has 1 atom stereocenters. The molecule has 0 heterocycles. The van der Waals surface area contributed by atoms with Crippen LogP contribution in [-0.2, 0) is 26.2 Å². The molecular weight excluding hydrogens is 477 g/mol. The second kappa shape index (κ2) is 10.0. The summed E-state index contributed by atoms with van der Waals surface area (Å²) in [6.07, 6.45) is 1.01. The lowest BCUT2D eigenvalue weighted by molar-refractivity contribution is -0.139. The highest BCUT2D eigenvalue weighted by atomic mass is 79.9. The Morgan fingerprint density at radius 1 is 1.10 bits per heavy atom. The van der Waals surface area contributed by atoms with Crippen molar-refractivity contribution >= 4 is 43.5 Å². The number of carbonyl (C=O) groups excluding carboxylic acids is 2. The van der Waals surface area contributed by atoms with Gasteiger partial charge < -0.3 is 10.2 Å². The second-order valence-corrected chi connectivity index (χ2v) is 9.51. The van der Waals surface area contributed by atoms with Gasteiger partial charge in [0.25, 0.3) is 0 Å². The minimum atomic E-state index is -3.77. The third kappa shape index (κ3) is 6.27. The van der Waals surface area contributed by atoms with Crippen LogP contribution >= 0.6 is 15.9 Å². The Morgan fingerprint density at radius 3 is 2.17 bits per heavy atom. The maximum absolute atomic E-state index is 13.2. The van der Waals surface area contributed by atoms with Crippen LogP contribution in [0.3, 0.4) is 0 Å². The molecule has 0 aliphatic carbocycles. The first kappa shape index (κ1) is 23.8. The first-order valence-corrected chi connectivity index (χ1v) is 11.7. The predicted molar refractivity (Wildman–Crippen MR) is 117 cm³/mol. The molecule has 2 rings (SSSR count). The van der Waals surface area contributed by atoms with E-state index in [1.165, 1.54) is 36.2 Å². The summed E-state index contributed by atoms with van der Waals surface area (Å²) in [7, 11) is -2.32. The molecule has 0 spiro atoms. The van der Waals surface area contributed by atoms with Gasteiger partial charge in [0.1, 0.15) is 18.4 Å². The largest absolute Gasteiger partial charge is 0.357 e. The van der Waals surface area contributed by atoms with Gasteiger partial charge in [-0.1, -0.05) is 28.1 Å². The number of halogens is 2. The van der Waals surface area contributed by atoms with E-state index >= 15 is 0 Å². The lowest BCUT2D eigenvalue weighted by Gasteiger charge is -2.31. The lowest BCUT2D eigenvalue weighted by Crippen LogP contribution is -2.50. The van der Waals surface area contributed by atoms with Crippen molar-refractivity contribution in [3.05, 3.63) is 64.4 Å². The van der Waals surface area contributed by atoms with Crippen LogP contribution in [0.15, 0.2) is 53.0 Å². The standard InChI is InChI=1S/C20H23BrFN3O4S/c1-14(20(27)23-2)24(12-15-4-8-17(22)9-5-15)19(26)13-25(30(3,28)29)18-10-6-16(21)7-11-18/h4-11,14H,12-13H2,1-3H3,(H,23,27). The van der Waals surface area contributed by atoms with E-state index in [4.69, 9.17) is 0 Å². The maximum Gasteiger partial charge on any atom is 0.244 e. The minimum Gasteiger partial charge on any atom is -0.357 e. The van der Waals surface area contributed by atoms with E-state index in [1.807, 2.05) is 0 Å². The molecule has 0 radical (unpaired) electrons. The van der Waals surface area contributed by atoms with Crippen LogP contribution in [0.4, 0.5) is 10.1 Å². The number of benzene rings is 2. The number of sulfonamides is 1. The number of likely N-dealkylation sites (N-methyl/N-ethyl adjacent to an activating group) is 1. The van der Waals surface area contributed by atoms with Crippen LogP contribution in [0.25, 0.3) is 0 Å². The van der Waals surface area contributed by atoms with Crippen molar-refractivity contribution in [2.45, 2.75) is 19.5 Å². The third-order valence-electron chi connectivity index (χ3n) is 4.47. The van der Waals surface area contributed by atoms with E-state index in [-0.39, 0.29) is 6.54 Å². The Balaban J connectivity index is 2.35. The first-order chi connectivity index (χ1) is 14.0. The Morgan fingerprint density at radius 2 is 1.67 bits per heavy atom. The molecule has 0 saturated carbocycles. The number of carbonyl (C=O) groups is 2. The number of hydrogen-bond acceptors (Lipinski definition) is 4. The van der Waals surface area contributed by atoms with E-state index in [0.717, 1.165) is 15.0 Å². The van der Waals surface area contributed by atoms with Gasteiger partial charge in [-0.25, -0.2) is 12.8 Å². The molecule has 7 nitrogen and oxygen atoms in total. The number of rotatable bonds is 8. The normalized spacial score (nSPS) is 12.2. The molecule has 0 fully saturated rings. The summed E-state index contributed by atoms with van der Waals surface area (Å²) in [5.74, 6) is -1.39. The zero-order valence-corrected chi connectivity index (χ0v) is 19.2. The minimum absolute atomic E-state index is 0.0195. The fraction of sp³-hybridized carbons (Fsp3) is 0.300. The van der Waals surface area contributed by atoms with Crippen molar-refractivity contribution in [3.8, 4) is 0 Å². The van der Waals surface area contributed by atoms with Gasteiger partial charge in [-0.05, 0) is 48.9 Å². The van der Waals surface area contributed by atoms with Crippen molar-refractivity contribution in [1.29, 1.82) is 0 Å². The summed E-state index contributed by atoms with van der Waals surface area (Å²) in [5.41, 5.74) is 0.929. The van der Waals surface area contributed by atoms with Crippen molar-refractivity contribution in [3.63, 3.8) is 0 Å². The average molecular weight is 500 g/mol. The molecule has 0 aliphatic rings. The number of anilines is 1. The van der Waals surface area contributed by atoms with Gasteiger partial charge >= 0.3 is 0 Å². The van der Waals surface area contributed by atoms with Gasteiger partial charge in [-0.15, -0.1) is 0 Å². The summed E-state index contributed by atoms with van der Waals surface area (Å²) in [5, 5.41) is 2.49. The van der Waals surface area contributed by atoms with Crippen LogP contribution in [-0.4, -0.2) is 51.0 Å². The zero-order valence-electron chi connectivity index (χ0n) is 16.8. The van der Waals surface area contributed by atoms with Gasteiger partial charge in [-0.2, -0.15) is 0 Å². The zero-order chi connectivity index (χ0) is 22.5. The molecule has 2 amide bonds. The number of nitrogens with zero attached hydrogens (tertiary/aromatic N) is 2. The molecule has 10 heteroatoms. The lowest BCUT2D eigenvalue weighted by atomic mass is 10.1. The smallest absolute Gasteiger partial charge is 0.244 e. The molecule has 0 saturated heterocycles. The topological polar surface area (TPSA) is 86.8 Å². The summed E-state index contributed by atoms with van der Waals surface area (Å²) in [6, 6.07) is 11.2. The molecule has 1 unspecified atom stereocenters. The van der Waals surface area contributed by atoms with E-state index in [2.05, 4.69) is 21.2 Å². The number of hydrogen-bond donors (Lipinski definition) is 1. The Hall–Kier alpha value is -2.46. The van der Waals surface area contributed by atoms with Crippen LogP contribution in [0.1, 0.15) is 12.5 Å². The summed E-state index contributed by atoms with van der Waals surface area (Å²) in [4.78, 5) is 26.6. The van der Waals surface area contributed by atoms with Crippen molar-refractivity contribution < 1.29 is 22.4 Å². The molecule has 0 aliphatic heterocycles. The van der Waals surface area contributed by atoms with Crippen molar-refractivity contribution in [2.24, 2.45) is 0 Å². The maximum atomic E-state index is 13.2. The van der Waals surface area contributed by atoms with Gasteiger partial charge in [0.15, 0.2) is 0 Å². The molecule has 1 N–H and O–H groups in total. The average Bonchev–Trinajstić information content (AvgIpc) is 2.70. The fourth-order valence-corrected chi connectivity index (χ4v) is 3.91. The summed E-state index contributed by atoms with van der Waals surface area (Å²) >= 11 is 3.29. The number of nitrogens with one attached hydrogen (secondary N) is 1. The van der Waals surface area contributed by atoms with Gasteiger partial charge in [-0.3, -0.25) is 13.9 Å². The Labute approximate surface area is 184 Å². The SMILES string of the molecule is CNC(=O)C(C)N(Cc1ccc(F)cc1)C(=O)CN(c1ccc(Br)cc1)S(C)(=O)=O. The van der Waals surface area contributed by atoms with E-state index in [9.17, 15) is 22.4 Å². The highest BCUT2D eigenvalue weighted by Crippen LogP contribution is 2.21. The number of amides is 2. The molecule has 162 valence electrons. The van der Waals surface area contributed by atoms with Crippen LogP contribution in [0.5, 0.6) is 0 Å². The van der Waals surface area contributed by atoms with Gasteiger partial charge in [0.05, 0.1) is 11.9 Å². The van der Waals surface area contributed by atoms with E-state index in [0.29, 0.717) is 11.3 Å². The predicted octanol–water partition coefficient (Wildman–Crippen LogP) is 2.52. The quantitative estimate of drug-likeness (QED) is 0.604. The second-order valence-electron chi connectivity index (χ2n) is 6.68. The highest BCUT2D eigenvalue weighted by molar-refractivity contribution is 9.10. The first-order valence-electron chi connectivity index (χ1n) is 9.01. The Kier molecular flexibility index (Phi) is 7.96. The van der Waals surface area contributed by atoms with Gasteiger partial charge in [0.2, 0.25) is 21.8 Å². The molecule has 2 aromatic carbocycles. The van der Waals surface area contributed by atoms with Crippen LogP contribution in [0, 0.1) is 5.82 Å². The Bertz CT molecular complexity index is 998. The highest BCUT2D eigenvalue weighted by Gasteiger charge is 2.29. The summed E-state index contributed by atoms with van der Waals surface area (Å²) in [6.45, 7) is 1.08. The molecular formula is C20H23BrFN3O4S. The van der Waals surface area contributed by atoms with Crippen LogP contribution in [0.2, 0.25) is 0 Å². The monoisotopic (exact) mass is 499 g/mol.